The van der Waals surface area contributed by atoms with Crippen LogP contribution in [0, 0.1) is 11.3 Å². The number of hydrogen-bond acceptors (Lipinski definition) is 5. The third-order valence-corrected chi connectivity index (χ3v) is 3.68. The fourth-order valence-electron chi connectivity index (χ4n) is 2.26. The van der Waals surface area contributed by atoms with Gasteiger partial charge in [0.05, 0.1) is 21.3 Å². The molecule has 0 aliphatic carbocycles. The zero-order valence-electron chi connectivity index (χ0n) is 14.5. The lowest BCUT2D eigenvalue weighted by Gasteiger charge is -2.13. The zero-order chi connectivity index (χ0) is 19.1. The second-order valence-corrected chi connectivity index (χ2v) is 5.53. The van der Waals surface area contributed by atoms with Crippen molar-refractivity contribution in [3.63, 3.8) is 0 Å². The average molecular weight is 373 g/mol. The Labute approximate surface area is 156 Å². The van der Waals surface area contributed by atoms with E-state index in [1.54, 1.807) is 36.4 Å². The van der Waals surface area contributed by atoms with E-state index in [9.17, 15) is 10.1 Å². The van der Waals surface area contributed by atoms with Crippen molar-refractivity contribution in [3.8, 4) is 23.3 Å². The second-order valence-electron chi connectivity index (χ2n) is 5.09. The van der Waals surface area contributed by atoms with Crippen molar-refractivity contribution in [2.45, 2.75) is 0 Å². The number of nitriles is 1. The lowest BCUT2D eigenvalue weighted by molar-refractivity contribution is -0.112. The van der Waals surface area contributed by atoms with Crippen molar-refractivity contribution in [1.29, 1.82) is 5.26 Å². The van der Waals surface area contributed by atoms with Crippen LogP contribution in [0.5, 0.6) is 17.2 Å². The molecule has 7 heteroatoms. The summed E-state index contributed by atoms with van der Waals surface area (Å²) in [5, 5.41) is 12.5. The fraction of sp³-hybridized carbons (Fsp3) is 0.158. The molecule has 0 aliphatic heterocycles. The predicted molar refractivity (Wildman–Crippen MR) is 99.8 cm³/mol. The van der Waals surface area contributed by atoms with Crippen LogP contribution in [0.3, 0.4) is 0 Å². The monoisotopic (exact) mass is 372 g/mol. The fourth-order valence-corrected chi connectivity index (χ4v) is 2.45. The largest absolute Gasteiger partial charge is 0.493 e. The molecule has 1 N–H and O–H groups in total. The smallest absolute Gasteiger partial charge is 0.266 e. The van der Waals surface area contributed by atoms with Crippen LogP contribution in [0.4, 0.5) is 5.69 Å². The molecular formula is C19H17ClN2O4. The molecule has 0 radical (unpaired) electrons. The number of amides is 1. The maximum absolute atomic E-state index is 12.4. The molecule has 0 spiro atoms. The summed E-state index contributed by atoms with van der Waals surface area (Å²) >= 11 is 5.90. The highest BCUT2D eigenvalue weighted by Gasteiger charge is 2.15. The van der Waals surface area contributed by atoms with Gasteiger partial charge in [-0.15, -0.1) is 0 Å². The molecule has 0 heterocycles. The van der Waals surface area contributed by atoms with Crippen LogP contribution in [0.1, 0.15) is 5.56 Å². The number of nitrogens with one attached hydrogen (secondary N) is 1. The van der Waals surface area contributed by atoms with Crippen molar-refractivity contribution < 1.29 is 19.0 Å². The Morgan fingerprint density at radius 1 is 1.12 bits per heavy atom. The summed E-state index contributed by atoms with van der Waals surface area (Å²) < 4.78 is 15.8. The first kappa shape index (κ1) is 19.2. The summed E-state index contributed by atoms with van der Waals surface area (Å²) in [6.45, 7) is 0. The summed E-state index contributed by atoms with van der Waals surface area (Å²) in [5.74, 6) is 0.717. The van der Waals surface area contributed by atoms with Gasteiger partial charge >= 0.3 is 0 Å². The summed E-state index contributed by atoms with van der Waals surface area (Å²) in [7, 11) is 4.47. The van der Waals surface area contributed by atoms with Gasteiger partial charge in [-0.3, -0.25) is 4.79 Å². The van der Waals surface area contributed by atoms with Gasteiger partial charge in [0.1, 0.15) is 11.6 Å². The van der Waals surface area contributed by atoms with Gasteiger partial charge in [-0.1, -0.05) is 17.7 Å². The van der Waals surface area contributed by atoms with Crippen molar-refractivity contribution in [1.82, 2.24) is 0 Å². The van der Waals surface area contributed by atoms with E-state index in [4.69, 9.17) is 25.8 Å². The molecule has 134 valence electrons. The van der Waals surface area contributed by atoms with E-state index in [2.05, 4.69) is 5.32 Å². The lowest BCUT2D eigenvalue weighted by atomic mass is 10.1. The molecular weight excluding hydrogens is 356 g/mol. The maximum Gasteiger partial charge on any atom is 0.266 e. The molecule has 0 aliphatic rings. The zero-order valence-corrected chi connectivity index (χ0v) is 15.3. The minimum Gasteiger partial charge on any atom is -0.493 e. The van der Waals surface area contributed by atoms with Gasteiger partial charge in [0.25, 0.3) is 5.91 Å². The molecule has 0 saturated carbocycles. The van der Waals surface area contributed by atoms with Gasteiger partial charge in [-0.05, 0) is 42.0 Å². The molecule has 0 saturated heterocycles. The molecule has 0 aromatic heterocycles. The van der Waals surface area contributed by atoms with Crippen LogP contribution in [0.15, 0.2) is 42.0 Å². The number of nitrogens with zero attached hydrogens (tertiary/aromatic N) is 1. The summed E-state index contributed by atoms with van der Waals surface area (Å²) in [6, 6.07) is 11.8. The number of benzene rings is 2. The maximum atomic E-state index is 12.4. The van der Waals surface area contributed by atoms with Crippen molar-refractivity contribution in [2.24, 2.45) is 0 Å². The van der Waals surface area contributed by atoms with E-state index in [1.807, 2.05) is 6.07 Å². The number of anilines is 1. The Morgan fingerprint density at radius 3 is 2.27 bits per heavy atom. The van der Waals surface area contributed by atoms with E-state index in [-0.39, 0.29) is 5.57 Å². The number of halogens is 1. The summed E-state index contributed by atoms with van der Waals surface area (Å²) in [4.78, 5) is 12.4. The number of rotatable bonds is 6. The number of hydrogen-bond donors (Lipinski definition) is 1. The molecule has 0 bridgehead atoms. The number of methoxy groups -OCH3 is 3. The second kappa shape index (κ2) is 8.79. The van der Waals surface area contributed by atoms with Gasteiger partial charge in [-0.2, -0.15) is 5.26 Å². The Hall–Kier alpha value is -3.17. The summed E-state index contributed by atoms with van der Waals surface area (Å²) in [5.41, 5.74) is 0.963. The molecule has 6 nitrogen and oxygen atoms in total. The Kier molecular flexibility index (Phi) is 6.48. The van der Waals surface area contributed by atoms with Crippen molar-refractivity contribution in [2.75, 3.05) is 26.6 Å². The van der Waals surface area contributed by atoms with Crippen molar-refractivity contribution in [3.05, 3.63) is 52.6 Å². The summed E-state index contributed by atoms with van der Waals surface area (Å²) in [6.07, 6.45) is 1.43. The number of carbonyl (C=O) groups excluding carboxylic acids is 1. The quantitative estimate of drug-likeness (QED) is 0.614. The van der Waals surface area contributed by atoms with Crippen molar-refractivity contribution >= 4 is 29.3 Å². The van der Waals surface area contributed by atoms with E-state index < -0.39 is 5.91 Å². The highest BCUT2D eigenvalue weighted by molar-refractivity contribution is 6.31. The van der Waals surface area contributed by atoms with E-state index >= 15 is 0 Å². The molecule has 2 aromatic carbocycles. The molecule has 0 unspecified atom stereocenters. The van der Waals surface area contributed by atoms with Crippen LogP contribution in [-0.4, -0.2) is 27.2 Å². The van der Waals surface area contributed by atoms with Gasteiger partial charge in [0.15, 0.2) is 11.5 Å². The lowest BCUT2D eigenvalue weighted by Crippen LogP contribution is -2.13. The molecule has 2 aromatic rings. The Balaban J connectivity index is 2.36. The van der Waals surface area contributed by atoms with Gasteiger partial charge in [-0.25, -0.2) is 0 Å². The molecule has 0 fully saturated rings. The van der Waals surface area contributed by atoms with E-state index in [1.165, 1.54) is 27.4 Å². The van der Waals surface area contributed by atoms with Crippen LogP contribution in [0.25, 0.3) is 6.08 Å². The SMILES string of the molecule is COc1cc(/C=C(\C#N)C(=O)Nc2cccc(Cl)c2)cc(OC)c1OC. The van der Waals surface area contributed by atoms with Crippen LogP contribution >= 0.6 is 11.6 Å². The van der Waals surface area contributed by atoms with Gasteiger partial charge in [0, 0.05) is 10.7 Å². The number of carbonyl (C=O) groups is 1. The van der Waals surface area contributed by atoms with Gasteiger partial charge in [0.2, 0.25) is 5.75 Å². The third kappa shape index (κ3) is 4.47. The van der Waals surface area contributed by atoms with Crippen LogP contribution < -0.4 is 19.5 Å². The first-order chi connectivity index (χ1) is 12.5. The minimum atomic E-state index is -0.552. The van der Waals surface area contributed by atoms with E-state index in [0.717, 1.165) is 0 Å². The van der Waals surface area contributed by atoms with Gasteiger partial charge < -0.3 is 19.5 Å². The molecule has 0 atom stereocenters. The molecule has 1 amide bonds. The standard InChI is InChI=1S/C19H17ClN2O4/c1-24-16-8-12(9-17(25-2)18(16)26-3)7-13(11-21)19(23)22-15-6-4-5-14(20)10-15/h4-10H,1-3H3,(H,22,23)/b13-7+. The minimum absolute atomic E-state index is 0.0840. The average Bonchev–Trinajstić information content (AvgIpc) is 2.64. The normalized spacial score (nSPS) is 10.7. The Morgan fingerprint density at radius 2 is 1.77 bits per heavy atom. The predicted octanol–water partition coefficient (Wildman–Crippen LogP) is 3.91. The van der Waals surface area contributed by atoms with E-state index in [0.29, 0.717) is 33.5 Å². The topological polar surface area (TPSA) is 80.6 Å². The first-order valence-electron chi connectivity index (χ1n) is 7.51. The highest BCUT2D eigenvalue weighted by atomic mass is 35.5. The third-order valence-electron chi connectivity index (χ3n) is 3.45. The number of ether oxygens (including phenoxy) is 3. The highest BCUT2D eigenvalue weighted by Crippen LogP contribution is 2.38. The first-order valence-corrected chi connectivity index (χ1v) is 7.89. The van der Waals surface area contributed by atoms with Crippen LogP contribution in [-0.2, 0) is 4.79 Å². The Bertz CT molecular complexity index is 862. The van der Waals surface area contributed by atoms with Crippen LogP contribution in [0.2, 0.25) is 5.02 Å². The molecule has 26 heavy (non-hydrogen) atoms. The molecule has 2 rings (SSSR count).